The van der Waals surface area contributed by atoms with Crippen LogP contribution in [-0.4, -0.2) is 5.78 Å². The Balaban J connectivity index is 0.00000144. The van der Waals surface area contributed by atoms with Crippen molar-refractivity contribution in [2.75, 3.05) is 0 Å². The summed E-state index contributed by atoms with van der Waals surface area (Å²) in [5.74, 6) is 0.217. The van der Waals surface area contributed by atoms with Crippen molar-refractivity contribution < 1.29 is 26.6 Å². The number of carbonyl (C=O) groups excluding carboxylic acids is 1. The fourth-order valence-corrected chi connectivity index (χ4v) is 3.56. The van der Waals surface area contributed by atoms with Crippen LogP contribution in [-0.2, 0) is 6.42 Å². The van der Waals surface area contributed by atoms with Gasteiger partial charge in [0.05, 0.1) is 10.9 Å². The van der Waals surface area contributed by atoms with Crippen LogP contribution in [0.4, 0.5) is 0 Å². The lowest BCUT2D eigenvalue weighted by Crippen LogP contribution is -3.00. The van der Waals surface area contributed by atoms with Gasteiger partial charge < -0.3 is 16.8 Å². The van der Waals surface area contributed by atoms with Crippen molar-refractivity contribution in [2.45, 2.75) is 33.6 Å². The molecule has 0 saturated heterocycles. The number of aromatic amines is 1. The molecule has 0 spiro atoms. The zero-order valence-electron chi connectivity index (χ0n) is 12.9. The second-order valence-corrected chi connectivity index (χ2v) is 6.85. The van der Waals surface area contributed by atoms with Gasteiger partial charge in [0.2, 0.25) is 11.3 Å². The molecule has 2 aromatic heterocycles. The van der Waals surface area contributed by atoms with Crippen molar-refractivity contribution in [3.05, 3.63) is 41.2 Å². The topological polar surface area (TPSA) is 44.4 Å². The molecule has 22 heavy (non-hydrogen) atoms. The number of halogens is 1. The zero-order valence-corrected chi connectivity index (χ0v) is 13.7. The molecule has 1 aliphatic carbocycles. The molecule has 0 atom stereocenters. The SMILES string of the molecule is Cc1[nH+]c2c(c3c1oc1ccccc13)C(=O)CC(C)(C)C2.[Cl-]. The highest BCUT2D eigenvalue weighted by molar-refractivity contribution is 6.17. The molecule has 0 radical (unpaired) electrons. The molecule has 0 aliphatic heterocycles. The van der Waals surface area contributed by atoms with E-state index in [9.17, 15) is 4.79 Å². The van der Waals surface area contributed by atoms with Crippen molar-refractivity contribution in [3.8, 4) is 0 Å². The van der Waals surface area contributed by atoms with Gasteiger partial charge in [-0.1, -0.05) is 32.0 Å². The van der Waals surface area contributed by atoms with E-state index in [1.54, 1.807) is 0 Å². The average Bonchev–Trinajstić information content (AvgIpc) is 2.77. The molecule has 0 amide bonds. The Labute approximate surface area is 135 Å². The fourth-order valence-electron chi connectivity index (χ4n) is 3.56. The molecule has 0 fully saturated rings. The van der Waals surface area contributed by atoms with Gasteiger partial charge in [-0.3, -0.25) is 4.79 Å². The second-order valence-electron chi connectivity index (χ2n) is 6.85. The van der Waals surface area contributed by atoms with Crippen LogP contribution in [0.2, 0.25) is 0 Å². The van der Waals surface area contributed by atoms with Gasteiger partial charge in [-0.05, 0) is 11.5 Å². The van der Waals surface area contributed by atoms with E-state index in [0.29, 0.717) is 6.42 Å². The first kappa shape index (κ1) is 15.0. The number of aryl methyl sites for hydroxylation is 1. The number of para-hydroxylation sites is 1. The van der Waals surface area contributed by atoms with Gasteiger partial charge in [-0.15, -0.1) is 0 Å². The summed E-state index contributed by atoms with van der Waals surface area (Å²) in [6.45, 7) is 6.31. The molecular weight excluding hydrogens is 298 g/mol. The van der Waals surface area contributed by atoms with E-state index in [0.717, 1.165) is 45.3 Å². The highest BCUT2D eigenvalue weighted by Crippen LogP contribution is 2.39. The Bertz CT molecular complexity index is 908. The minimum absolute atomic E-state index is 0. The number of nitrogens with one attached hydrogen (secondary N) is 1. The van der Waals surface area contributed by atoms with E-state index in [1.165, 1.54) is 0 Å². The molecule has 4 rings (SSSR count). The van der Waals surface area contributed by atoms with E-state index in [4.69, 9.17) is 4.42 Å². The number of benzene rings is 1. The number of carbonyl (C=O) groups is 1. The molecule has 1 aliphatic rings. The summed E-state index contributed by atoms with van der Waals surface area (Å²) in [6.07, 6.45) is 1.48. The second kappa shape index (κ2) is 4.82. The smallest absolute Gasteiger partial charge is 0.220 e. The van der Waals surface area contributed by atoms with Crippen LogP contribution in [0, 0.1) is 12.3 Å². The molecule has 114 valence electrons. The summed E-state index contributed by atoms with van der Waals surface area (Å²) in [5, 5.41) is 2.02. The number of aromatic nitrogens is 1. The summed E-state index contributed by atoms with van der Waals surface area (Å²) in [7, 11) is 0. The maximum Gasteiger partial charge on any atom is 0.220 e. The summed E-state index contributed by atoms with van der Waals surface area (Å²) in [4.78, 5) is 16.1. The maximum absolute atomic E-state index is 12.7. The molecular formula is C18H18ClNO2. The van der Waals surface area contributed by atoms with Crippen molar-refractivity contribution in [3.63, 3.8) is 0 Å². The van der Waals surface area contributed by atoms with Crippen molar-refractivity contribution >= 4 is 27.7 Å². The van der Waals surface area contributed by atoms with Crippen LogP contribution in [0.15, 0.2) is 28.7 Å². The summed E-state index contributed by atoms with van der Waals surface area (Å²) in [6, 6.07) is 7.94. The Morgan fingerprint density at radius 2 is 1.91 bits per heavy atom. The van der Waals surface area contributed by atoms with Gasteiger partial charge in [-0.2, -0.15) is 0 Å². The molecule has 4 heteroatoms. The van der Waals surface area contributed by atoms with Crippen molar-refractivity contribution in [1.29, 1.82) is 0 Å². The van der Waals surface area contributed by atoms with Crippen LogP contribution < -0.4 is 17.4 Å². The number of H-pyrrole nitrogens is 1. The maximum atomic E-state index is 12.7. The predicted molar refractivity (Wildman–Crippen MR) is 81.4 cm³/mol. The Kier molecular flexibility index (Phi) is 3.29. The van der Waals surface area contributed by atoms with Crippen LogP contribution >= 0.6 is 0 Å². The number of furan rings is 1. The van der Waals surface area contributed by atoms with Crippen molar-refractivity contribution in [2.24, 2.45) is 5.41 Å². The summed E-state index contributed by atoms with van der Waals surface area (Å²) in [5.41, 5.74) is 4.54. The molecule has 3 nitrogen and oxygen atoms in total. The number of hydrogen-bond acceptors (Lipinski definition) is 2. The Morgan fingerprint density at radius 1 is 1.18 bits per heavy atom. The minimum atomic E-state index is 0. The first-order chi connectivity index (χ1) is 9.96. The normalized spacial score (nSPS) is 16.6. The van der Waals surface area contributed by atoms with Crippen LogP contribution in [0.25, 0.3) is 21.9 Å². The highest BCUT2D eigenvalue weighted by atomic mass is 35.5. The number of hydrogen-bond donors (Lipinski definition) is 0. The predicted octanol–water partition coefficient (Wildman–Crippen LogP) is 0.868. The molecule has 0 unspecified atom stereocenters. The lowest BCUT2D eigenvalue weighted by molar-refractivity contribution is -0.400. The monoisotopic (exact) mass is 315 g/mol. The molecule has 1 aromatic carbocycles. The van der Waals surface area contributed by atoms with Gasteiger partial charge in [0.15, 0.2) is 11.5 Å². The first-order valence-electron chi connectivity index (χ1n) is 7.35. The summed E-state index contributed by atoms with van der Waals surface area (Å²) < 4.78 is 5.97. The first-order valence-corrected chi connectivity index (χ1v) is 7.35. The van der Waals surface area contributed by atoms with Gasteiger partial charge >= 0.3 is 0 Å². The minimum Gasteiger partial charge on any atom is -1.00 e. The Morgan fingerprint density at radius 3 is 2.68 bits per heavy atom. The summed E-state index contributed by atoms with van der Waals surface area (Å²) >= 11 is 0. The van der Waals surface area contributed by atoms with Gasteiger partial charge in [0, 0.05) is 25.2 Å². The van der Waals surface area contributed by atoms with Crippen LogP contribution in [0.5, 0.6) is 0 Å². The molecule has 0 saturated carbocycles. The lowest BCUT2D eigenvalue weighted by atomic mass is 9.74. The molecule has 3 aromatic rings. The number of rotatable bonds is 0. The van der Waals surface area contributed by atoms with E-state index < -0.39 is 0 Å². The molecule has 0 bridgehead atoms. The third-order valence-electron chi connectivity index (χ3n) is 4.40. The standard InChI is InChI=1S/C18H17NO2.ClH/c1-10-17-15(11-6-4-5-7-14(11)21-17)16-12(19-10)8-18(2,3)9-13(16)20;/h4-7H,8-9H2,1-3H3;1H. The van der Waals surface area contributed by atoms with Crippen molar-refractivity contribution in [1.82, 2.24) is 0 Å². The van der Waals surface area contributed by atoms with Gasteiger partial charge in [0.25, 0.3) is 0 Å². The number of ketones is 1. The van der Waals surface area contributed by atoms with Crippen LogP contribution in [0.1, 0.15) is 42.0 Å². The molecule has 1 N–H and O–H groups in total. The van der Waals surface area contributed by atoms with E-state index in [-0.39, 0.29) is 23.6 Å². The number of Topliss-reactive ketones (excluding diaryl/α,β-unsaturated/α-hetero) is 1. The zero-order chi connectivity index (χ0) is 14.8. The molecule has 2 heterocycles. The van der Waals surface area contributed by atoms with Gasteiger partial charge in [-0.25, -0.2) is 4.98 Å². The van der Waals surface area contributed by atoms with Gasteiger partial charge in [0.1, 0.15) is 5.58 Å². The lowest BCUT2D eigenvalue weighted by Gasteiger charge is -2.27. The van der Waals surface area contributed by atoms with E-state index in [2.05, 4.69) is 18.8 Å². The third-order valence-corrected chi connectivity index (χ3v) is 4.40. The van der Waals surface area contributed by atoms with Crippen LogP contribution in [0.3, 0.4) is 0 Å². The third kappa shape index (κ3) is 2.03. The fraction of sp³-hybridized carbons (Fsp3) is 0.333. The van der Waals surface area contributed by atoms with E-state index in [1.807, 2.05) is 31.2 Å². The highest BCUT2D eigenvalue weighted by Gasteiger charge is 2.38. The average molecular weight is 316 g/mol. The largest absolute Gasteiger partial charge is 1.00 e. The van der Waals surface area contributed by atoms with E-state index >= 15 is 0 Å². The number of pyridine rings is 1. The Hall–Kier alpha value is -1.87. The number of fused-ring (bicyclic) bond motifs is 5. The quantitative estimate of drug-likeness (QED) is 0.618.